The molecule has 5 heteroatoms. The van der Waals surface area contributed by atoms with Crippen LogP contribution < -0.4 is 5.73 Å². The van der Waals surface area contributed by atoms with Crippen molar-refractivity contribution in [3.05, 3.63) is 30.1 Å². The molecule has 1 heterocycles. The van der Waals surface area contributed by atoms with E-state index in [1.807, 2.05) is 6.92 Å². The van der Waals surface area contributed by atoms with Crippen molar-refractivity contribution in [3.8, 4) is 0 Å². The second kappa shape index (κ2) is 5.09. The number of hydrogen-bond donors (Lipinski definition) is 1. The number of rotatable bonds is 3. The molecule has 0 aliphatic carbocycles. The molecular weight excluding hydrogens is 194 g/mol. The number of carbonyl (C=O) groups is 2. The molecule has 0 bridgehead atoms. The van der Waals surface area contributed by atoms with E-state index in [-0.39, 0.29) is 0 Å². The average Bonchev–Trinajstić information content (AvgIpc) is 2.26. The van der Waals surface area contributed by atoms with Crippen LogP contribution in [-0.4, -0.2) is 28.4 Å². The fourth-order valence-electron chi connectivity index (χ4n) is 1.18. The molecule has 15 heavy (non-hydrogen) atoms. The minimum absolute atomic E-state index is 0.322. The van der Waals surface area contributed by atoms with Crippen molar-refractivity contribution in [3.63, 3.8) is 0 Å². The number of nitrogens with two attached hydrogens (primary N) is 1. The molecule has 5 nitrogen and oxygen atoms in total. The summed E-state index contributed by atoms with van der Waals surface area (Å²) in [6.45, 7) is 2.19. The monoisotopic (exact) mass is 207 g/mol. The van der Waals surface area contributed by atoms with Gasteiger partial charge < -0.3 is 5.73 Å². The summed E-state index contributed by atoms with van der Waals surface area (Å²) in [7, 11) is 0. The Bertz CT molecular complexity index is 351. The highest BCUT2D eigenvalue weighted by molar-refractivity contribution is 6.03. The third kappa shape index (κ3) is 2.77. The number of imide groups is 1. The Morgan fingerprint density at radius 2 is 2.27 bits per heavy atom. The summed E-state index contributed by atoms with van der Waals surface area (Å²) in [5.41, 5.74) is 5.47. The lowest BCUT2D eigenvalue weighted by molar-refractivity contribution is 0.0808. The molecule has 0 saturated carbocycles. The zero-order valence-electron chi connectivity index (χ0n) is 8.51. The van der Waals surface area contributed by atoms with Crippen molar-refractivity contribution in [2.24, 2.45) is 5.73 Å². The van der Waals surface area contributed by atoms with Crippen molar-refractivity contribution in [2.45, 2.75) is 13.3 Å². The normalized spacial score (nSPS) is 9.67. The third-order valence-corrected chi connectivity index (χ3v) is 1.87. The van der Waals surface area contributed by atoms with Gasteiger partial charge in [0.15, 0.2) is 0 Å². The van der Waals surface area contributed by atoms with Crippen LogP contribution in [0.3, 0.4) is 0 Å². The first kappa shape index (κ1) is 11.2. The van der Waals surface area contributed by atoms with Crippen LogP contribution in [0.5, 0.6) is 0 Å². The molecule has 0 aliphatic heterocycles. The van der Waals surface area contributed by atoms with Crippen LogP contribution in [0.2, 0.25) is 0 Å². The number of aromatic nitrogens is 1. The predicted octanol–water partition coefficient (Wildman–Crippen LogP) is 1.01. The fourth-order valence-corrected chi connectivity index (χ4v) is 1.18. The first-order chi connectivity index (χ1) is 7.16. The number of nitrogens with zero attached hydrogens (tertiary/aromatic N) is 2. The first-order valence-corrected chi connectivity index (χ1v) is 4.68. The van der Waals surface area contributed by atoms with Gasteiger partial charge in [-0.3, -0.25) is 14.7 Å². The van der Waals surface area contributed by atoms with Crippen molar-refractivity contribution in [2.75, 3.05) is 6.54 Å². The maximum atomic E-state index is 11.8. The Kier molecular flexibility index (Phi) is 3.79. The smallest absolute Gasteiger partial charge is 0.321 e. The van der Waals surface area contributed by atoms with Crippen LogP contribution in [0.4, 0.5) is 4.79 Å². The highest BCUT2D eigenvalue weighted by Crippen LogP contribution is 2.03. The number of primary amides is 1. The fraction of sp³-hybridized carbons (Fsp3) is 0.300. The summed E-state index contributed by atoms with van der Waals surface area (Å²) < 4.78 is 0. The van der Waals surface area contributed by atoms with Crippen molar-refractivity contribution in [1.29, 1.82) is 0 Å². The Labute approximate surface area is 87.9 Å². The predicted molar refractivity (Wildman–Crippen MR) is 55.1 cm³/mol. The molecule has 2 N–H and O–H groups in total. The summed E-state index contributed by atoms with van der Waals surface area (Å²) in [6.07, 6.45) is 3.65. The van der Waals surface area contributed by atoms with E-state index < -0.39 is 11.9 Å². The summed E-state index contributed by atoms with van der Waals surface area (Å²) in [6, 6.07) is 2.50. The number of pyridine rings is 1. The van der Waals surface area contributed by atoms with E-state index in [2.05, 4.69) is 4.98 Å². The molecule has 0 unspecified atom stereocenters. The topological polar surface area (TPSA) is 76.3 Å². The Morgan fingerprint density at radius 1 is 1.53 bits per heavy atom. The Morgan fingerprint density at radius 3 is 2.73 bits per heavy atom. The molecule has 0 spiro atoms. The van der Waals surface area contributed by atoms with Crippen LogP contribution in [0.15, 0.2) is 24.5 Å². The zero-order chi connectivity index (χ0) is 11.3. The van der Waals surface area contributed by atoms with Crippen LogP contribution in [0.1, 0.15) is 23.7 Å². The summed E-state index contributed by atoms with van der Waals surface area (Å²) in [4.78, 5) is 27.6. The molecule has 0 aliphatic rings. The van der Waals surface area contributed by atoms with E-state index in [1.54, 1.807) is 18.3 Å². The van der Waals surface area contributed by atoms with E-state index >= 15 is 0 Å². The molecule has 0 fully saturated rings. The number of urea groups is 1. The van der Waals surface area contributed by atoms with Crippen molar-refractivity contribution < 1.29 is 9.59 Å². The molecular formula is C10H13N3O2. The lowest BCUT2D eigenvalue weighted by Crippen LogP contribution is -2.41. The van der Waals surface area contributed by atoms with Gasteiger partial charge in [0.2, 0.25) is 0 Å². The van der Waals surface area contributed by atoms with Crippen LogP contribution >= 0.6 is 0 Å². The molecule has 1 aromatic heterocycles. The zero-order valence-corrected chi connectivity index (χ0v) is 8.51. The maximum Gasteiger partial charge on any atom is 0.321 e. The van der Waals surface area contributed by atoms with Crippen LogP contribution in [0.25, 0.3) is 0 Å². The molecule has 80 valence electrons. The largest absolute Gasteiger partial charge is 0.351 e. The molecule has 0 saturated heterocycles. The third-order valence-electron chi connectivity index (χ3n) is 1.87. The Balaban J connectivity index is 2.86. The average molecular weight is 207 g/mol. The van der Waals surface area contributed by atoms with Crippen LogP contribution in [-0.2, 0) is 0 Å². The molecule has 1 rings (SSSR count). The van der Waals surface area contributed by atoms with Gasteiger partial charge in [-0.15, -0.1) is 0 Å². The maximum absolute atomic E-state index is 11.8. The number of hydrogen-bond acceptors (Lipinski definition) is 3. The van der Waals surface area contributed by atoms with E-state index in [1.165, 1.54) is 6.20 Å². The van der Waals surface area contributed by atoms with Gasteiger partial charge in [0, 0.05) is 18.9 Å². The van der Waals surface area contributed by atoms with Gasteiger partial charge in [-0.25, -0.2) is 4.79 Å². The minimum Gasteiger partial charge on any atom is -0.351 e. The SMILES string of the molecule is CCCN(C(N)=O)C(=O)c1cccnc1. The first-order valence-electron chi connectivity index (χ1n) is 4.68. The molecule has 3 amide bonds. The molecule has 0 aromatic carbocycles. The summed E-state index contributed by atoms with van der Waals surface area (Å²) >= 11 is 0. The van der Waals surface area contributed by atoms with Gasteiger partial charge in [0.1, 0.15) is 0 Å². The van der Waals surface area contributed by atoms with Gasteiger partial charge in [-0.05, 0) is 18.6 Å². The van der Waals surface area contributed by atoms with Gasteiger partial charge in [-0.1, -0.05) is 6.92 Å². The highest BCUT2D eigenvalue weighted by atomic mass is 16.2. The summed E-state index contributed by atoms with van der Waals surface area (Å²) in [5, 5.41) is 0. The Hall–Kier alpha value is -1.91. The number of amides is 3. The van der Waals surface area contributed by atoms with Gasteiger partial charge in [0.25, 0.3) is 5.91 Å². The van der Waals surface area contributed by atoms with E-state index in [0.29, 0.717) is 18.5 Å². The summed E-state index contributed by atoms with van der Waals surface area (Å²) in [5.74, 6) is -0.405. The standard InChI is InChI=1S/C10H13N3O2/c1-2-6-13(10(11)15)9(14)8-4-3-5-12-7-8/h3-5,7H,2,6H2,1H3,(H2,11,15). The molecule has 0 atom stereocenters. The quantitative estimate of drug-likeness (QED) is 0.803. The van der Waals surface area contributed by atoms with E-state index in [4.69, 9.17) is 5.73 Å². The molecule has 0 radical (unpaired) electrons. The van der Waals surface area contributed by atoms with E-state index in [9.17, 15) is 9.59 Å². The minimum atomic E-state index is -0.731. The number of carbonyl (C=O) groups excluding carboxylic acids is 2. The van der Waals surface area contributed by atoms with E-state index in [0.717, 1.165) is 4.90 Å². The lowest BCUT2D eigenvalue weighted by atomic mass is 10.2. The van der Waals surface area contributed by atoms with Gasteiger partial charge in [0.05, 0.1) is 5.56 Å². The molecule has 1 aromatic rings. The van der Waals surface area contributed by atoms with Gasteiger partial charge in [-0.2, -0.15) is 0 Å². The lowest BCUT2D eigenvalue weighted by Gasteiger charge is -2.17. The second-order valence-corrected chi connectivity index (χ2v) is 3.04. The van der Waals surface area contributed by atoms with Crippen LogP contribution in [0, 0.1) is 0 Å². The second-order valence-electron chi connectivity index (χ2n) is 3.04. The van der Waals surface area contributed by atoms with Gasteiger partial charge >= 0.3 is 6.03 Å². The van der Waals surface area contributed by atoms with Crippen molar-refractivity contribution >= 4 is 11.9 Å². The van der Waals surface area contributed by atoms with Crippen molar-refractivity contribution in [1.82, 2.24) is 9.88 Å². The highest BCUT2D eigenvalue weighted by Gasteiger charge is 2.19.